The second-order valence-electron chi connectivity index (χ2n) is 5.16. The summed E-state index contributed by atoms with van der Waals surface area (Å²) < 4.78 is 14.8. The number of halogens is 1. The van der Waals surface area contributed by atoms with Gasteiger partial charge in [-0.2, -0.15) is 0 Å². The summed E-state index contributed by atoms with van der Waals surface area (Å²) in [5.74, 6) is 0.627. The van der Waals surface area contributed by atoms with Gasteiger partial charge in [0.15, 0.2) is 0 Å². The lowest BCUT2D eigenvalue weighted by Gasteiger charge is -2.04. The van der Waals surface area contributed by atoms with E-state index in [1.165, 1.54) is 25.0 Å². The molecule has 0 amide bonds. The van der Waals surface area contributed by atoms with Crippen LogP contribution in [0.5, 0.6) is 0 Å². The van der Waals surface area contributed by atoms with Crippen molar-refractivity contribution < 1.29 is 4.39 Å². The van der Waals surface area contributed by atoms with Gasteiger partial charge in [0.25, 0.3) is 0 Å². The molecule has 1 aromatic heterocycles. The van der Waals surface area contributed by atoms with Crippen LogP contribution in [0.3, 0.4) is 0 Å². The smallest absolute Gasteiger partial charge is 0.123 e. The highest BCUT2D eigenvalue weighted by atomic mass is 19.1. The standard InChI is InChI=1S/C14H17FN4/c1-10-6-12(15)4-5-14(10)19-9-13(17-18-19)8-16-7-11-2-3-11/h4-6,9,11,16H,2-3,7-8H2,1H3. The fourth-order valence-electron chi connectivity index (χ4n) is 2.10. The third-order valence-corrected chi connectivity index (χ3v) is 3.38. The maximum atomic E-state index is 13.1. The van der Waals surface area contributed by atoms with Crippen LogP contribution in [0, 0.1) is 18.7 Å². The maximum absolute atomic E-state index is 13.1. The topological polar surface area (TPSA) is 42.7 Å². The van der Waals surface area contributed by atoms with E-state index < -0.39 is 0 Å². The number of benzene rings is 1. The summed E-state index contributed by atoms with van der Waals surface area (Å²) in [5, 5.41) is 11.6. The molecule has 0 unspecified atom stereocenters. The minimum absolute atomic E-state index is 0.229. The molecule has 1 saturated carbocycles. The molecule has 5 heteroatoms. The first-order valence-electron chi connectivity index (χ1n) is 6.61. The first-order valence-corrected chi connectivity index (χ1v) is 6.61. The zero-order chi connectivity index (χ0) is 13.2. The van der Waals surface area contributed by atoms with Gasteiger partial charge in [0.2, 0.25) is 0 Å². The third kappa shape index (κ3) is 2.98. The van der Waals surface area contributed by atoms with Crippen LogP contribution in [-0.4, -0.2) is 21.5 Å². The van der Waals surface area contributed by atoms with Gasteiger partial charge in [-0.1, -0.05) is 5.21 Å². The van der Waals surface area contributed by atoms with Gasteiger partial charge in [0.05, 0.1) is 17.6 Å². The molecular weight excluding hydrogens is 243 g/mol. The Morgan fingerprint density at radius 3 is 3.00 bits per heavy atom. The average molecular weight is 260 g/mol. The van der Waals surface area contributed by atoms with Crippen LogP contribution in [0.2, 0.25) is 0 Å². The molecule has 100 valence electrons. The molecule has 1 heterocycles. The van der Waals surface area contributed by atoms with Crippen LogP contribution >= 0.6 is 0 Å². The van der Waals surface area contributed by atoms with Gasteiger partial charge in [0, 0.05) is 6.54 Å². The Balaban J connectivity index is 1.68. The molecule has 0 aliphatic heterocycles. The second-order valence-corrected chi connectivity index (χ2v) is 5.16. The van der Waals surface area contributed by atoms with Gasteiger partial charge >= 0.3 is 0 Å². The first-order chi connectivity index (χ1) is 9.22. The minimum Gasteiger partial charge on any atom is -0.311 e. The summed E-state index contributed by atoms with van der Waals surface area (Å²) in [6.07, 6.45) is 4.57. The summed E-state index contributed by atoms with van der Waals surface area (Å²) >= 11 is 0. The van der Waals surface area contributed by atoms with Gasteiger partial charge in [-0.3, -0.25) is 0 Å². The molecular formula is C14H17FN4. The van der Waals surface area contributed by atoms with Crippen molar-refractivity contribution in [3.8, 4) is 5.69 Å². The van der Waals surface area contributed by atoms with E-state index in [9.17, 15) is 4.39 Å². The molecule has 0 bridgehead atoms. The Morgan fingerprint density at radius 1 is 1.42 bits per heavy atom. The highest BCUT2D eigenvalue weighted by Gasteiger charge is 2.20. The van der Waals surface area contributed by atoms with Crippen molar-refractivity contribution in [1.82, 2.24) is 20.3 Å². The van der Waals surface area contributed by atoms with Crippen molar-refractivity contribution in [2.45, 2.75) is 26.3 Å². The SMILES string of the molecule is Cc1cc(F)ccc1-n1cc(CNCC2CC2)nn1. The lowest BCUT2D eigenvalue weighted by atomic mass is 10.2. The predicted molar refractivity (Wildman–Crippen MR) is 70.5 cm³/mol. The van der Waals surface area contributed by atoms with Crippen LogP contribution in [0.25, 0.3) is 5.69 Å². The van der Waals surface area contributed by atoms with Crippen LogP contribution in [0.1, 0.15) is 24.1 Å². The molecule has 1 aliphatic carbocycles. The van der Waals surface area contributed by atoms with Crippen molar-refractivity contribution in [1.29, 1.82) is 0 Å². The minimum atomic E-state index is -0.229. The van der Waals surface area contributed by atoms with Gasteiger partial charge in [-0.15, -0.1) is 5.10 Å². The Kier molecular flexibility index (Phi) is 3.29. The van der Waals surface area contributed by atoms with Crippen molar-refractivity contribution in [2.24, 2.45) is 5.92 Å². The molecule has 2 aromatic rings. The number of aromatic nitrogens is 3. The third-order valence-electron chi connectivity index (χ3n) is 3.38. The molecule has 0 saturated heterocycles. The van der Waals surface area contributed by atoms with Crippen LogP contribution < -0.4 is 5.32 Å². The zero-order valence-electron chi connectivity index (χ0n) is 10.9. The predicted octanol–water partition coefficient (Wildman–Crippen LogP) is 2.21. The van der Waals surface area contributed by atoms with Gasteiger partial charge in [0.1, 0.15) is 5.82 Å². The number of hydrogen-bond acceptors (Lipinski definition) is 3. The van der Waals surface area contributed by atoms with Crippen molar-refractivity contribution in [2.75, 3.05) is 6.54 Å². The summed E-state index contributed by atoms with van der Waals surface area (Å²) in [5.41, 5.74) is 2.62. The van der Waals surface area contributed by atoms with E-state index in [2.05, 4.69) is 15.6 Å². The highest BCUT2D eigenvalue weighted by Crippen LogP contribution is 2.27. The lowest BCUT2D eigenvalue weighted by molar-refractivity contribution is 0.625. The molecule has 4 nitrogen and oxygen atoms in total. The maximum Gasteiger partial charge on any atom is 0.123 e. The Labute approximate surface area is 111 Å². The molecule has 0 radical (unpaired) electrons. The monoisotopic (exact) mass is 260 g/mol. The van der Waals surface area contributed by atoms with E-state index in [0.29, 0.717) is 0 Å². The van der Waals surface area contributed by atoms with Crippen LogP contribution in [-0.2, 0) is 6.54 Å². The number of aryl methyl sites for hydroxylation is 1. The van der Waals surface area contributed by atoms with E-state index >= 15 is 0 Å². The average Bonchev–Trinajstić information content (AvgIpc) is 3.07. The number of rotatable bonds is 5. The van der Waals surface area contributed by atoms with E-state index in [1.54, 1.807) is 10.7 Å². The first kappa shape index (κ1) is 12.3. The molecule has 1 fully saturated rings. The Morgan fingerprint density at radius 2 is 2.26 bits per heavy atom. The van der Waals surface area contributed by atoms with Crippen molar-refractivity contribution in [3.63, 3.8) is 0 Å². The highest BCUT2D eigenvalue weighted by molar-refractivity contribution is 5.39. The van der Waals surface area contributed by atoms with E-state index in [1.807, 2.05) is 13.1 Å². The van der Waals surface area contributed by atoms with Gasteiger partial charge in [-0.25, -0.2) is 9.07 Å². The normalized spacial score (nSPS) is 14.8. The van der Waals surface area contributed by atoms with Crippen LogP contribution in [0.15, 0.2) is 24.4 Å². The van der Waals surface area contributed by atoms with Crippen molar-refractivity contribution in [3.05, 3.63) is 41.5 Å². The largest absolute Gasteiger partial charge is 0.311 e. The van der Waals surface area contributed by atoms with E-state index in [-0.39, 0.29) is 5.82 Å². The molecule has 3 rings (SSSR count). The zero-order valence-corrected chi connectivity index (χ0v) is 10.9. The number of nitrogens with one attached hydrogen (secondary N) is 1. The molecule has 1 aliphatic rings. The lowest BCUT2D eigenvalue weighted by Crippen LogP contribution is -2.16. The molecule has 19 heavy (non-hydrogen) atoms. The van der Waals surface area contributed by atoms with Crippen molar-refractivity contribution >= 4 is 0 Å². The van der Waals surface area contributed by atoms with Gasteiger partial charge in [-0.05, 0) is 56.0 Å². The number of hydrogen-bond donors (Lipinski definition) is 1. The molecule has 1 N–H and O–H groups in total. The van der Waals surface area contributed by atoms with Gasteiger partial charge < -0.3 is 5.32 Å². The van der Waals surface area contributed by atoms with Crippen LogP contribution in [0.4, 0.5) is 4.39 Å². The molecule has 1 aromatic carbocycles. The molecule has 0 atom stereocenters. The fraction of sp³-hybridized carbons (Fsp3) is 0.429. The Bertz CT molecular complexity index is 575. The fourth-order valence-corrected chi connectivity index (χ4v) is 2.10. The second kappa shape index (κ2) is 5.09. The van der Waals surface area contributed by atoms with E-state index in [4.69, 9.17) is 0 Å². The summed E-state index contributed by atoms with van der Waals surface area (Å²) in [4.78, 5) is 0. The number of nitrogens with zero attached hydrogens (tertiary/aromatic N) is 3. The summed E-state index contributed by atoms with van der Waals surface area (Å²) in [6.45, 7) is 3.66. The quantitative estimate of drug-likeness (QED) is 0.896. The Hall–Kier alpha value is -1.75. The molecule has 0 spiro atoms. The summed E-state index contributed by atoms with van der Waals surface area (Å²) in [6, 6.07) is 4.66. The summed E-state index contributed by atoms with van der Waals surface area (Å²) in [7, 11) is 0. The van der Waals surface area contributed by atoms with E-state index in [0.717, 1.165) is 36.0 Å².